The summed E-state index contributed by atoms with van der Waals surface area (Å²) in [6, 6.07) is 11.5. The summed E-state index contributed by atoms with van der Waals surface area (Å²) in [5.41, 5.74) is 3.24. The van der Waals surface area contributed by atoms with E-state index in [-0.39, 0.29) is 22.4 Å². The molecule has 0 unspecified atom stereocenters. The van der Waals surface area contributed by atoms with Gasteiger partial charge in [-0.2, -0.15) is 0 Å². The van der Waals surface area contributed by atoms with Crippen molar-refractivity contribution in [2.24, 2.45) is 5.41 Å². The number of benzene rings is 2. The predicted octanol–water partition coefficient (Wildman–Crippen LogP) is 6.33. The van der Waals surface area contributed by atoms with E-state index in [0.29, 0.717) is 16.5 Å². The van der Waals surface area contributed by atoms with E-state index in [1.54, 1.807) is 26.8 Å². The van der Waals surface area contributed by atoms with Crippen LogP contribution in [0.1, 0.15) is 58.2 Å². The Bertz CT molecular complexity index is 1170. The standard InChI is InChI=1S/C26H30O4/c1-15-13-19-20(14-16(15)2)29-22(17-9-11-18(12-10-17)25(3,4)5)23(21(19)27)30-24(28)26(6,7)8/h9-14H,1-8H3. The van der Waals surface area contributed by atoms with E-state index in [4.69, 9.17) is 9.15 Å². The molecule has 0 bridgehead atoms. The number of ether oxygens (including phenoxy) is 1. The monoisotopic (exact) mass is 406 g/mol. The van der Waals surface area contributed by atoms with Gasteiger partial charge in [0.25, 0.3) is 0 Å². The molecule has 3 aromatic rings. The molecule has 0 spiro atoms. The van der Waals surface area contributed by atoms with Crippen molar-refractivity contribution in [2.45, 2.75) is 60.8 Å². The molecule has 0 aliphatic carbocycles. The highest BCUT2D eigenvalue weighted by atomic mass is 16.5. The van der Waals surface area contributed by atoms with E-state index in [1.807, 2.05) is 44.2 Å². The Morgan fingerprint density at radius 3 is 2.00 bits per heavy atom. The maximum absolute atomic E-state index is 13.3. The van der Waals surface area contributed by atoms with Crippen LogP contribution in [0.4, 0.5) is 0 Å². The van der Waals surface area contributed by atoms with Gasteiger partial charge in [-0.15, -0.1) is 0 Å². The lowest BCUT2D eigenvalue weighted by atomic mass is 9.86. The van der Waals surface area contributed by atoms with Gasteiger partial charge in [0, 0.05) is 5.56 Å². The Hall–Kier alpha value is -2.88. The first-order valence-corrected chi connectivity index (χ1v) is 10.2. The maximum atomic E-state index is 13.3. The minimum atomic E-state index is -0.752. The Balaban J connectivity index is 2.27. The van der Waals surface area contributed by atoms with Crippen molar-refractivity contribution in [3.05, 3.63) is 63.3 Å². The van der Waals surface area contributed by atoms with Crippen LogP contribution in [0.2, 0.25) is 0 Å². The average Bonchev–Trinajstić information content (AvgIpc) is 2.64. The quantitative estimate of drug-likeness (QED) is 0.467. The number of fused-ring (bicyclic) bond motifs is 1. The van der Waals surface area contributed by atoms with E-state index in [2.05, 4.69) is 20.8 Å². The fourth-order valence-electron chi connectivity index (χ4n) is 3.08. The Kier molecular flexibility index (Phi) is 5.40. The van der Waals surface area contributed by atoms with Gasteiger partial charge in [-0.25, -0.2) is 0 Å². The zero-order valence-electron chi connectivity index (χ0n) is 19.1. The topological polar surface area (TPSA) is 56.5 Å². The molecule has 4 nitrogen and oxygen atoms in total. The van der Waals surface area contributed by atoms with Gasteiger partial charge in [0.15, 0.2) is 5.76 Å². The van der Waals surface area contributed by atoms with Crippen LogP contribution in [-0.4, -0.2) is 5.97 Å². The summed E-state index contributed by atoms with van der Waals surface area (Å²) < 4.78 is 11.8. The van der Waals surface area contributed by atoms with Crippen LogP contribution >= 0.6 is 0 Å². The van der Waals surface area contributed by atoms with Crippen molar-refractivity contribution in [3.8, 4) is 17.1 Å². The second kappa shape index (κ2) is 7.42. The first-order valence-electron chi connectivity index (χ1n) is 10.2. The molecule has 0 fully saturated rings. The SMILES string of the molecule is Cc1cc2oc(-c3ccc(C(C)(C)C)cc3)c(OC(=O)C(C)(C)C)c(=O)c2cc1C. The fourth-order valence-corrected chi connectivity index (χ4v) is 3.08. The van der Waals surface area contributed by atoms with Crippen LogP contribution in [-0.2, 0) is 10.2 Å². The van der Waals surface area contributed by atoms with Gasteiger partial charge in [0.1, 0.15) is 5.58 Å². The molecule has 1 heterocycles. The average molecular weight is 407 g/mol. The molecule has 1 aromatic heterocycles. The zero-order valence-corrected chi connectivity index (χ0v) is 19.1. The van der Waals surface area contributed by atoms with Crippen LogP contribution < -0.4 is 10.2 Å². The lowest BCUT2D eigenvalue weighted by molar-refractivity contribution is -0.143. The Morgan fingerprint density at radius 2 is 1.47 bits per heavy atom. The first-order chi connectivity index (χ1) is 13.8. The third kappa shape index (κ3) is 4.18. The molecule has 30 heavy (non-hydrogen) atoms. The third-order valence-corrected chi connectivity index (χ3v) is 5.29. The lowest BCUT2D eigenvalue weighted by Gasteiger charge is -2.20. The van der Waals surface area contributed by atoms with Crippen LogP contribution in [0, 0.1) is 19.3 Å². The molecule has 3 rings (SSSR count). The van der Waals surface area contributed by atoms with E-state index >= 15 is 0 Å². The summed E-state index contributed by atoms with van der Waals surface area (Å²) in [6.45, 7) is 15.6. The van der Waals surface area contributed by atoms with Gasteiger partial charge in [-0.05, 0) is 68.9 Å². The summed E-state index contributed by atoms with van der Waals surface area (Å²) in [5, 5.41) is 0.407. The highest BCUT2D eigenvalue weighted by Gasteiger charge is 2.28. The van der Waals surface area contributed by atoms with Crippen molar-refractivity contribution >= 4 is 16.9 Å². The van der Waals surface area contributed by atoms with Gasteiger partial charge in [-0.1, -0.05) is 45.0 Å². The van der Waals surface area contributed by atoms with Crippen LogP contribution in [0.5, 0.6) is 5.75 Å². The number of carbonyl (C=O) groups excluding carboxylic acids is 1. The maximum Gasteiger partial charge on any atom is 0.316 e. The predicted molar refractivity (Wildman–Crippen MR) is 121 cm³/mol. The molecular weight excluding hydrogens is 376 g/mol. The largest absolute Gasteiger partial charge is 0.452 e. The molecule has 0 atom stereocenters. The van der Waals surface area contributed by atoms with Crippen LogP contribution in [0.15, 0.2) is 45.6 Å². The molecule has 0 N–H and O–H groups in total. The van der Waals surface area contributed by atoms with E-state index in [0.717, 1.165) is 16.7 Å². The summed E-state index contributed by atoms with van der Waals surface area (Å²) in [7, 11) is 0. The van der Waals surface area contributed by atoms with E-state index in [9.17, 15) is 9.59 Å². The van der Waals surface area contributed by atoms with Crippen molar-refractivity contribution in [2.75, 3.05) is 0 Å². The number of aryl methyl sites for hydroxylation is 2. The summed E-state index contributed by atoms with van der Waals surface area (Å²) in [5.74, 6) is -0.270. The summed E-state index contributed by atoms with van der Waals surface area (Å²) in [6.07, 6.45) is 0. The smallest absolute Gasteiger partial charge is 0.316 e. The van der Waals surface area contributed by atoms with Crippen molar-refractivity contribution < 1.29 is 13.9 Å². The van der Waals surface area contributed by atoms with Crippen LogP contribution in [0.25, 0.3) is 22.3 Å². The van der Waals surface area contributed by atoms with Gasteiger partial charge >= 0.3 is 5.97 Å². The summed E-state index contributed by atoms with van der Waals surface area (Å²) in [4.78, 5) is 25.9. The molecule has 158 valence electrons. The number of carbonyl (C=O) groups is 1. The molecule has 0 amide bonds. The zero-order chi connectivity index (χ0) is 22.4. The fraction of sp³-hybridized carbons (Fsp3) is 0.385. The molecule has 0 saturated carbocycles. The summed E-state index contributed by atoms with van der Waals surface area (Å²) >= 11 is 0. The number of rotatable bonds is 2. The van der Waals surface area contributed by atoms with Gasteiger partial charge in [0.05, 0.1) is 10.8 Å². The third-order valence-electron chi connectivity index (χ3n) is 5.29. The van der Waals surface area contributed by atoms with E-state index in [1.165, 1.54) is 0 Å². The molecule has 0 radical (unpaired) electrons. The van der Waals surface area contributed by atoms with Crippen molar-refractivity contribution in [1.29, 1.82) is 0 Å². The van der Waals surface area contributed by atoms with Gasteiger partial charge < -0.3 is 9.15 Å². The Morgan fingerprint density at radius 1 is 0.900 bits per heavy atom. The molecule has 0 aliphatic heterocycles. The molecule has 4 heteroatoms. The minimum absolute atomic E-state index is 0.00107. The normalized spacial score (nSPS) is 12.3. The van der Waals surface area contributed by atoms with Crippen molar-refractivity contribution in [3.63, 3.8) is 0 Å². The first kappa shape index (κ1) is 21.8. The second-order valence-corrected chi connectivity index (χ2v) is 9.99. The van der Waals surface area contributed by atoms with Crippen LogP contribution in [0.3, 0.4) is 0 Å². The van der Waals surface area contributed by atoms with Gasteiger partial charge in [-0.3, -0.25) is 9.59 Å². The molecular formula is C26H30O4. The van der Waals surface area contributed by atoms with Crippen molar-refractivity contribution in [1.82, 2.24) is 0 Å². The highest BCUT2D eigenvalue weighted by Crippen LogP contribution is 2.34. The number of hydrogen-bond donors (Lipinski definition) is 0. The minimum Gasteiger partial charge on any atom is -0.452 e. The highest BCUT2D eigenvalue weighted by molar-refractivity contribution is 5.86. The second-order valence-electron chi connectivity index (χ2n) is 9.99. The lowest BCUT2D eigenvalue weighted by Crippen LogP contribution is -2.28. The molecule has 0 aliphatic rings. The number of esters is 1. The Labute approximate surface area is 177 Å². The number of hydrogen-bond acceptors (Lipinski definition) is 4. The van der Waals surface area contributed by atoms with Gasteiger partial charge in [0.2, 0.25) is 11.2 Å². The molecule has 0 saturated heterocycles. The molecule has 2 aromatic carbocycles. The van der Waals surface area contributed by atoms with E-state index < -0.39 is 11.4 Å².